The quantitative estimate of drug-likeness (QED) is 0.384. The number of methoxy groups -OCH3 is 1. The molecule has 7 nitrogen and oxygen atoms in total. The van der Waals surface area contributed by atoms with Crippen molar-refractivity contribution >= 4 is 33.9 Å². The number of nitrogens with one attached hydrogen (secondary N) is 1. The summed E-state index contributed by atoms with van der Waals surface area (Å²) in [5.41, 5.74) is 1.71. The minimum atomic E-state index is -0.572. The fourth-order valence-corrected chi connectivity index (χ4v) is 3.88. The summed E-state index contributed by atoms with van der Waals surface area (Å²) in [6.45, 7) is 1.85. The van der Waals surface area contributed by atoms with Crippen LogP contribution in [0.2, 0.25) is 0 Å². The highest BCUT2D eigenvalue weighted by Gasteiger charge is 2.25. The lowest BCUT2D eigenvalue weighted by Gasteiger charge is -2.08. The number of anilines is 1. The van der Waals surface area contributed by atoms with Crippen LogP contribution in [0, 0.1) is 17.0 Å². The van der Waals surface area contributed by atoms with Crippen LogP contribution in [0.4, 0.5) is 10.7 Å². The number of nitro benzene ring substituents is 1. The molecular formula is C20H16N2O5S. The predicted octanol–water partition coefficient (Wildman–Crippen LogP) is 4.67. The summed E-state index contributed by atoms with van der Waals surface area (Å²) in [6.07, 6.45) is 0. The number of aryl methyl sites for hydroxylation is 1. The smallest absolute Gasteiger partial charge is 0.341 e. The van der Waals surface area contributed by atoms with Gasteiger partial charge in [-0.15, -0.1) is 11.3 Å². The van der Waals surface area contributed by atoms with Gasteiger partial charge in [-0.2, -0.15) is 0 Å². The normalized spacial score (nSPS) is 10.4. The number of amides is 1. The average Bonchev–Trinajstić information content (AvgIpc) is 3.03. The van der Waals surface area contributed by atoms with Crippen molar-refractivity contribution in [2.75, 3.05) is 12.4 Å². The predicted molar refractivity (Wildman–Crippen MR) is 107 cm³/mol. The Balaban J connectivity index is 2.03. The van der Waals surface area contributed by atoms with Gasteiger partial charge < -0.3 is 10.1 Å². The number of rotatable bonds is 5. The van der Waals surface area contributed by atoms with E-state index in [0.29, 0.717) is 10.6 Å². The lowest BCUT2D eigenvalue weighted by Crippen LogP contribution is -2.14. The molecule has 1 N–H and O–H groups in total. The van der Waals surface area contributed by atoms with Crippen molar-refractivity contribution in [3.05, 3.63) is 80.7 Å². The van der Waals surface area contributed by atoms with Crippen LogP contribution in [0.15, 0.2) is 54.6 Å². The number of benzene rings is 2. The lowest BCUT2D eigenvalue weighted by atomic mass is 10.0. The zero-order chi connectivity index (χ0) is 20.3. The van der Waals surface area contributed by atoms with Gasteiger partial charge in [-0.05, 0) is 18.6 Å². The van der Waals surface area contributed by atoms with Gasteiger partial charge in [0.1, 0.15) is 10.6 Å². The molecule has 0 atom stereocenters. The summed E-state index contributed by atoms with van der Waals surface area (Å²) < 4.78 is 4.92. The third kappa shape index (κ3) is 3.77. The molecule has 0 saturated heterocycles. The Bertz CT molecular complexity index is 1060. The number of hydrogen-bond acceptors (Lipinski definition) is 6. The number of nitrogens with zero attached hydrogens (tertiary/aromatic N) is 1. The van der Waals surface area contributed by atoms with Gasteiger partial charge in [0, 0.05) is 28.1 Å². The monoisotopic (exact) mass is 396 g/mol. The number of ether oxygens (including phenoxy) is 1. The third-order valence-corrected chi connectivity index (χ3v) is 5.10. The molecule has 0 bridgehead atoms. The zero-order valence-electron chi connectivity index (χ0n) is 15.1. The van der Waals surface area contributed by atoms with Crippen LogP contribution in [-0.2, 0) is 4.74 Å². The van der Waals surface area contributed by atoms with Crippen LogP contribution in [0.1, 0.15) is 25.6 Å². The first kappa shape index (κ1) is 19.2. The molecule has 2 aromatic carbocycles. The highest BCUT2D eigenvalue weighted by molar-refractivity contribution is 7.17. The first-order valence-corrected chi connectivity index (χ1v) is 9.07. The molecule has 1 aromatic heterocycles. The second-order valence-electron chi connectivity index (χ2n) is 5.86. The number of esters is 1. The molecule has 0 fully saturated rings. The van der Waals surface area contributed by atoms with Crippen molar-refractivity contribution < 1.29 is 19.2 Å². The summed E-state index contributed by atoms with van der Waals surface area (Å²) in [7, 11) is 1.27. The molecule has 1 heterocycles. The summed E-state index contributed by atoms with van der Waals surface area (Å²) >= 11 is 1.25. The zero-order valence-corrected chi connectivity index (χ0v) is 15.9. The first-order chi connectivity index (χ1) is 13.4. The Morgan fingerprint density at radius 1 is 1.11 bits per heavy atom. The van der Waals surface area contributed by atoms with Gasteiger partial charge in [0.2, 0.25) is 0 Å². The molecule has 3 aromatic rings. The van der Waals surface area contributed by atoms with Crippen LogP contribution >= 0.6 is 11.3 Å². The Labute approximate surface area is 164 Å². The van der Waals surface area contributed by atoms with E-state index in [1.54, 1.807) is 0 Å². The van der Waals surface area contributed by atoms with Crippen molar-refractivity contribution in [1.29, 1.82) is 0 Å². The van der Waals surface area contributed by atoms with E-state index in [9.17, 15) is 19.7 Å². The van der Waals surface area contributed by atoms with Crippen LogP contribution in [0.25, 0.3) is 11.1 Å². The van der Waals surface area contributed by atoms with Gasteiger partial charge in [0.25, 0.3) is 11.6 Å². The van der Waals surface area contributed by atoms with Crippen LogP contribution in [0.3, 0.4) is 0 Å². The van der Waals surface area contributed by atoms with Gasteiger partial charge in [-0.3, -0.25) is 14.9 Å². The second kappa shape index (κ2) is 8.01. The van der Waals surface area contributed by atoms with Gasteiger partial charge in [0.05, 0.1) is 12.0 Å². The van der Waals surface area contributed by atoms with E-state index in [0.717, 1.165) is 10.4 Å². The molecule has 142 valence electrons. The Morgan fingerprint density at radius 3 is 2.46 bits per heavy atom. The fraction of sp³-hybridized carbons (Fsp3) is 0.100. The van der Waals surface area contributed by atoms with E-state index in [2.05, 4.69) is 5.32 Å². The van der Waals surface area contributed by atoms with Crippen molar-refractivity contribution in [2.45, 2.75) is 6.92 Å². The van der Waals surface area contributed by atoms with Crippen molar-refractivity contribution in [3.8, 4) is 11.1 Å². The topological polar surface area (TPSA) is 98.5 Å². The maximum absolute atomic E-state index is 12.6. The molecule has 28 heavy (non-hydrogen) atoms. The van der Waals surface area contributed by atoms with E-state index in [-0.39, 0.29) is 16.8 Å². The highest BCUT2D eigenvalue weighted by Crippen LogP contribution is 2.40. The minimum Gasteiger partial charge on any atom is -0.465 e. The van der Waals surface area contributed by atoms with Crippen molar-refractivity contribution in [2.24, 2.45) is 0 Å². The molecule has 0 aliphatic carbocycles. The molecule has 0 saturated carbocycles. The highest BCUT2D eigenvalue weighted by atomic mass is 32.1. The summed E-state index contributed by atoms with van der Waals surface area (Å²) in [5.74, 6) is -1.12. The van der Waals surface area contributed by atoms with E-state index in [1.807, 2.05) is 37.3 Å². The largest absolute Gasteiger partial charge is 0.465 e. The Hall–Kier alpha value is -3.52. The molecule has 0 aliphatic rings. The molecule has 1 amide bonds. The standard InChI is InChI=1S/C20H16N2O5S/c1-12-16(13-7-4-3-5-8-13)17(20(24)27-2)19(28-12)21-18(23)14-9-6-10-15(11-14)22(25)26/h3-11H,1-2H3,(H,21,23). The molecule has 0 spiro atoms. The Kier molecular flexibility index (Phi) is 5.51. The first-order valence-electron chi connectivity index (χ1n) is 8.25. The molecule has 0 unspecified atom stereocenters. The maximum Gasteiger partial charge on any atom is 0.341 e. The number of thiophene rings is 1. The number of hydrogen-bond donors (Lipinski definition) is 1. The maximum atomic E-state index is 12.6. The van der Waals surface area contributed by atoms with Crippen molar-refractivity contribution in [3.63, 3.8) is 0 Å². The molecule has 0 radical (unpaired) electrons. The molecular weight excluding hydrogens is 380 g/mol. The van der Waals surface area contributed by atoms with Gasteiger partial charge in [-0.1, -0.05) is 36.4 Å². The average molecular weight is 396 g/mol. The van der Waals surface area contributed by atoms with E-state index >= 15 is 0 Å². The minimum absolute atomic E-state index is 0.123. The summed E-state index contributed by atoms with van der Waals surface area (Å²) in [4.78, 5) is 36.3. The lowest BCUT2D eigenvalue weighted by molar-refractivity contribution is -0.384. The Morgan fingerprint density at radius 2 is 1.82 bits per heavy atom. The summed E-state index contributed by atoms with van der Waals surface area (Å²) in [5, 5.41) is 14.0. The van der Waals surface area contributed by atoms with Crippen molar-refractivity contribution in [1.82, 2.24) is 0 Å². The number of carbonyl (C=O) groups is 2. The van der Waals surface area contributed by atoms with E-state index < -0.39 is 16.8 Å². The second-order valence-corrected chi connectivity index (χ2v) is 7.08. The van der Waals surface area contributed by atoms with Gasteiger partial charge in [-0.25, -0.2) is 4.79 Å². The molecule has 3 rings (SSSR count). The van der Waals surface area contributed by atoms with Crippen LogP contribution < -0.4 is 5.32 Å². The fourth-order valence-electron chi connectivity index (χ4n) is 2.82. The van der Waals surface area contributed by atoms with Gasteiger partial charge in [0.15, 0.2) is 0 Å². The SMILES string of the molecule is COC(=O)c1c(NC(=O)c2cccc([N+](=O)[O-])c2)sc(C)c1-c1ccccc1. The molecule has 0 aliphatic heterocycles. The number of carbonyl (C=O) groups excluding carboxylic acids is 2. The van der Waals surface area contributed by atoms with Crippen LogP contribution in [0.5, 0.6) is 0 Å². The number of non-ortho nitro benzene ring substituents is 1. The van der Waals surface area contributed by atoms with Crippen LogP contribution in [-0.4, -0.2) is 23.9 Å². The van der Waals surface area contributed by atoms with E-state index in [4.69, 9.17) is 4.74 Å². The summed E-state index contributed by atoms with van der Waals surface area (Å²) in [6, 6.07) is 14.7. The van der Waals surface area contributed by atoms with Gasteiger partial charge >= 0.3 is 5.97 Å². The third-order valence-electron chi connectivity index (χ3n) is 4.08. The van der Waals surface area contributed by atoms with E-state index in [1.165, 1.54) is 42.7 Å². The number of nitro groups is 1. The molecule has 8 heteroatoms.